The smallest absolute Gasteiger partial charge is 0.319 e. The van der Waals surface area contributed by atoms with Crippen molar-refractivity contribution in [2.45, 2.75) is 31.8 Å². The number of carbonyl (C=O) groups excluding carboxylic acids is 5. The molecule has 20 heteroatoms. The van der Waals surface area contributed by atoms with Crippen molar-refractivity contribution in [2.24, 2.45) is 0 Å². The Morgan fingerprint density at radius 3 is 2.20 bits per heavy atom. The van der Waals surface area contributed by atoms with Gasteiger partial charge in [-0.15, -0.1) is 0 Å². The van der Waals surface area contributed by atoms with Crippen LogP contribution >= 0.6 is 0 Å². The van der Waals surface area contributed by atoms with E-state index in [1.807, 2.05) is 9.80 Å². The normalized spacial score (nSPS) is 14.8. The summed E-state index contributed by atoms with van der Waals surface area (Å²) in [6.45, 7) is 5.71. The molecule has 3 heterocycles. The third-order valence-electron chi connectivity index (χ3n) is 9.14. The number of H-pyrrole nitrogens is 1. The van der Waals surface area contributed by atoms with Crippen LogP contribution in [0.15, 0.2) is 35.3 Å². The molecule has 20 nitrogen and oxygen atoms in total. The summed E-state index contributed by atoms with van der Waals surface area (Å²) in [5.41, 5.74) is 7.05. The fourth-order valence-corrected chi connectivity index (χ4v) is 5.93. The second-order valence-corrected chi connectivity index (χ2v) is 13.1. The van der Waals surface area contributed by atoms with Gasteiger partial charge in [0.05, 0.1) is 51.8 Å². The summed E-state index contributed by atoms with van der Waals surface area (Å²) in [5.74, 6) is -1.12. The molecule has 0 radical (unpaired) electrons. The van der Waals surface area contributed by atoms with Gasteiger partial charge in [-0.2, -0.15) is 4.98 Å². The molecule has 0 aliphatic carbocycles. The number of anilines is 2. The molecule has 1 aliphatic rings. The van der Waals surface area contributed by atoms with Crippen LogP contribution in [0.2, 0.25) is 0 Å². The Hall–Kier alpha value is -5.57. The molecule has 1 aromatic carbocycles. The number of nitrogens with one attached hydrogen (secondary N) is 5. The molecule has 1 unspecified atom stereocenters. The Morgan fingerprint density at radius 2 is 1.55 bits per heavy atom. The highest BCUT2D eigenvalue weighted by Crippen LogP contribution is 2.12. The number of nitrogens with zero attached hydrogens (tertiary/aromatic N) is 6. The predicted molar refractivity (Wildman–Crippen MR) is 207 cm³/mol. The van der Waals surface area contributed by atoms with Gasteiger partial charge in [0.25, 0.3) is 11.5 Å². The molecule has 1 fully saturated rings. The van der Waals surface area contributed by atoms with Crippen molar-refractivity contribution in [1.82, 2.24) is 50.6 Å². The van der Waals surface area contributed by atoms with Crippen LogP contribution in [0.5, 0.6) is 0 Å². The minimum absolute atomic E-state index is 0.0319. The van der Waals surface area contributed by atoms with Crippen LogP contribution < -0.4 is 32.6 Å². The number of benzene rings is 1. The van der Waals surface area contributed by atoms with Crippen molar-refractivity contribution in [1.29, 1.82) is 0 Å². The van der Waals surface area contributed by atoms with Crippen LogP contribution in [0.1, 0.15) is 35.3 Å². The van der Waals surface area contributed by atoms with Crippen molar-refractivity contribution in [3.8, 4) is 0 Å². The van der Waals surface area contributed by atoms with Crippen LogP contribution in [-0.4, -0.2) is 163 Å². The minimum atomic E-state index is -0.471. The summed E-state index contributed by atoms with van der Waals surface area (Å²) in [5, 5.41) is 12.1. The molecular formula is C36H52N12O8. The fraction of sp³-hybridized carbons (Fsp3) is 0.528. The van der Waals surface area contributed by atoms with Gasteiger partial charge in [-0.1, -0.05) is 0 Å². The molecule has 56 heavy (non-hydrogen) atoms. The van der Waals surface area contributed by atoms with Gasteiger partial charge in [0.1, 0.15) is 6.29 Å². The molecule has 2 amide bonds. The van der Waals surface area contributed by atoms with E-state index in [4.69, 9.17) is 15.2 Å². The lowest BCUT2D eigenvalue weighted by Gasteiger charge is -2.30. The third-order valence-corrected chi connectivity index (χ3v) is 9.14. The van der Waals surface area contributed by atoms with E-state index in [0.717, 1.165) is 12.0 Å². The van der Waals surface area contributed by atoms with Crippen molar-refractivity contribution in [3.05, 3.63) is 52.1 Å². The number of hydrogen-bond acceptors (Lipinski definition) is 17. The molecule has 4 rings (SSSR count). The predicted octanol–water partition coefficient (Wildman–Crippen LogP) is -1.65. The maximum absolute atomic E-state index is 12.6. The average molecular weight is 781 g/mol. The van der Waals surface area contributed by atoms with Gasteiger partial charge in [0.2, 0.25) is 11.9 Å². The molecule has 1 saturated heterocycles. The first-order valence-corrected chi connectivity index (χ1v) is 18.5. The van der Waals surface area contributed by atoms with E-state index in [-0.39, 0.29) is 73.0 Å². The van der Waals surface area contributed by atoms with Crippen molar-refractivity contribution >= 4 is 52.8 Å². The van der Waals surface area contributed by atoms with Gasteiger partial charge in [0.15, 0.2) is 11.2 Å². The van der Waals surface area contributed by atoms with Crippen LogP contribution in [0.3, 0.4) is 0 Å². The second-order valence-electron chi connectivity index (χ2n) is 13.1. The Labute approximate surface area is 324 Å². The number of fused-ring (bicyclic) bond motifs is 1. The van der Waals surface area contributed by atoms with Gasteiger partial charge < -0.3 is 41.3 Å². The number of nitrogens with two attached hydrogens (primary N) is 1. The van der Waals surface area contributed by atoms with Crippen molar-refractivity contribution in [3.63, 3.8) is 0 Å². The Bertz CT molecular complexity index is 1800. The first kappa shape index (κ1) is 43.2. The summed E-state index contributed by atoms with van der Waals surface area (Å²) in [6, 6.07) is 6.49. The van der Waals surface area contributed by atoms with Crippen molar-refractivity contribution < 1.29 is 33.4 Å². The number of hydrogen-bond donors (Lipinski definition) is 6. The molecule has 0 saturated carbocycles. The molecule has 0 bridgehead atoms. The number of carbonyl (C=O) groups is 5. The molecule has 2 aromatic heterocycles. The monoisotopic (exact) mass is 780 g/mol. The van der Waals surface area contributed by atoms with E-state index in [1.165, 1.54) is 20.4 Å². The largest absolute Gasteiger partial charge is 0.468 e. The zero-order valence-corrected chi connectivity index (χ0v) is 31.9. The average Bonchev–Trinajstić information content (AvgIpc) is 3.29. The number of esters is 2. The number of methoxy groups -OCH3 is 2. The van der Waals surface area contributed by atoms with Gasteiger partial charge in [-0.3, -0.25) is 43.7 Å². The maximum atomic E-state index is 12.6. The summed E-state index contributed by atoms with van der Waals surface area (Å²) < 4.78 is 9.67. The first-order valence-electron chi connectivity index (χ1n) is 18.5. The number of rotatable bonds is 20. The quantitative estimate of drug-likeness (QED) is 0.0426. The summed E-state index contributed by atoms with van der Waals surface area (Å²) in [4.78, 5) is 93.9. The molecular weight excluding hydrogens is 728 g/mol. The third kappa shape index (κ3) is 14.3. The Balaban J connectivity index is 1.09. The summed E-state index contributed by atoms with van der Waals surface area (Å²) >= 11 is 0. The lowest BCUT2D eigenvalue weighted by atomic mass is 10.2. The van der Waals surface area contributed by atoms with Crippen LogP contribution in [0, 0.1) is 0 Å². The van der Waals surface area contributed by atoms with Crippen LogP contribution in [0.4, 0.5) is 11.6 Å². The molecule has 1 aliphatic heterocycles. The Morgan fingerprint density at radius 1 is 0.893 bits per heavy atom. The molecule has 7 N–H and O–H groups in total. The number of aromatic nitrogens is 4. The van der Waals surface area contributed by atoms with Crippen molar-refractivity contribution in [2.75, 3.05) is 104 Å². The highest BCUT2D eigenvalue weighted by atomic mass is 16.5. The minimum Gasteiger partial charge on any atom is -0.468 e. The van der Waals surface area contributed by atoms with Gasteiger partial charge in [-0.25, -0.2) is 9.97 Å². The highest BCUT2D eigenvalue weighted by Gasteiger charge is 2.24. The van der Waals surface area contributed by atoms with E-state index in [9.17, 15) is 28.8 Å². The van der Waals surface area contributed by atoms with E-state index >= 15 is 0 Å². The zero-order chi connectivity index (χ0) is 40.3. The molecule has 1 atom stereocenters. The fourth-order valence-electron chi connectivity index (χ4n) is 5.93. The number of amides is 2. The lowest BCUT2D eigenvalue weighted by Crippen LogP contribution is -2.45. The zero-order valence-electron chi connectivity index (χ0n) is 31.9. The standard InChI is InChI=1S/C36H52N12O8/c1-55-30(51)22-46-14-15-47(23-31(52)56-2)17-19-48(18-16-46)28(24-49)9-11-38-12-13-39-29(50)4-3-10-40-34(53)25-5-7-26(8-6-25)41-20-27-21-42-33-32(43-27)35(54)45-36(37)44-33/h5-8,21,24,28,38,41H,3-4,9-20,22-23H2,1-2H3,(H,39,50)(H,40,53)(H3,37,42,44,45,54). The van der Waals surface area contributed by atoms with Crippen LogP contribution in [0.25, 0.3) is 11.2 Å². The second kappa shape index (κ2) is 22.7. The van der Waals surface area contributed by atoms with Crippen LogP contribution in [-0.2, 0) is 35.2 Å². The number of aromatic amines is 1. The van der Waals surface area contributed by atoms with E-state index in [1.54, 1.807) is 24.3 Å². The highest BCUT2D eigenvalue weighted by molar-refractivity contribution is 5.94. The number of nitrogen functional groups attached to an aromatic ring is 1. The van der Waals surface area contributed by atoms with E-state index in [0.29, 0.717) is 89.5 Å². The number of ether oxygens (including phenoxy) is 2. The Kier molecular flexibility index (Phi) is 17.5. The topological polar surface area (TPSA) is 259 Å². The summed E-state index contributed by atoms with van der Waals surface area (Å²) in [6.07, 6.45) is 3.69. The SMILES string of the molecule is COC(=O)CN1CCN(CC(=O)OC)CCN(C(C=O)CCNCCNC(=O)CCCNC(=O)c2ccc(NCc3cnc4nc(N)[nH]c(=O)c4n3)cc2)CC1. The molecule has 3 aromatic rings. The number of aldehydes is 1. The molecule has 0 spiro atoms. The first-order chi connectivity index (χ1) is 27.1. The maximum Gasteiger partial charge on any atom is 0.319 e. The van der Waals surface area contributed by atoms with E-state index in [2.05, 4.69) is 46.1 Å². The molecule has 304 valence electrons. The van der Waals surface area contributed by atoms with Gasteiger partial charge in [-0.05, 0) is 43.7 Å². The van der Waals surface area contributed by atoms with E-state index < -0.39 is 5.56 Å². The van der Waals surface area contributed by atoms with Gasteiger partial charge >= 0.3 is 11.9 Å². The van der Waals surface area contributed by atoms with Gasteiger partial charge in [0, 0.05) is 76.6 Å². The lowest BCUT2D eigenvalue weighted by molar-refractivity contribution is -0.143. The summed E-state index contributed by atoms with van der Waals surface area (Å²) in [7, 11) is 2.69.